The fraction of sp³-hybridized carbons (Fsp3) is 0.214. The summed E-state index contributed by atoms with van der Waals surface area (Å²) in [5.74, 6) is -0.360. The molecule has 0 spiro atoms. The van der Waals surface area contributed by atoms with Gasteiger partial charge in [0.2, 0.25) is 0 Å². The third-order valence-corrected chi connectivity index (χ3v) is 3.10. The molecule has 17 heavy (non-hydrogen) atoms. The zero-order chi connectivity index (χ0) is 12.3. The fourth-order valence-corrected chi connectivity index (χ4v) is 2.02. The van der Waals surface area contributed by atoms with Gasteiger partial charge in [-0.3, -0.25) is 4.98 Å². The van der Waals surface area contributed by atoms with Crippen LogP contribution < -0.4 is 5.73 Å². The number of hydrogen-bond donors (Lipinski definition) is 1. The van der Waals surface area contributed by atoms with Crippen molar-refractivity contribution in [3.8, 4) is 0 Å². The smallest absolute Gasteiger partial charge is 0.146 e. The first-order chi connectivity index (χ1) is 8.18. The fourth-order valence-electron chi connectivity index (χ4n) is 2.02. The highest BCUT2D eigenvalue weighted by Crippen LogP contribution is 2.31. The third-order valence-electron chi connectivity index (χ3n) is 3.10. The Morgan fingerprint density at radius 2 is 1.94 bits per heavy atom. The maximum absolute atomic E-state index is 13.8. The van der Waals surface area contributed by atoms with Crippen LogP contribution in [0, 0.1) is 5.82 Å². The lowest BCUT2D eigenvalue weighted by molar-refractivity contribution is 0.477. The van der Waals surface area contributed by atoms with Gasteiger partial charge in [-0.1, -0.05) is 37.3 Å². The minimum absolute atomic E-state index is 0.360. The van der Waals surface area contributed by atoms with Crippen LogP contribution in [0.2, 0.25) is 0 Å². The molecule has 0 aliphatic heterocycles. The van der Waals surface area contributed by atoms with E-state index in [2.05, 4.69) is 4.98 Å². The quantitative estimate of drug-likeness (QED) is 0.880. The number of rotatable bonds is 3. The number of nitrogens with two attached hydrogens (primary N) is 1. The average molecular weight is 230 g/mol. The second-order valence-corrected chi connectivity index (χ2v) is 4.05. The van der Waals surface area contributed by atoms with E-state index < -0.39 is 5.54 Å². The number of benzene rings is 1. The van der Waals surface area contributed by atoms with Gasteiger partial charge in [0.15, 0.2) is 0 Å². The van der Waals surface area contributed by atoms with Crippen molar-refractivity contribution in [3.63, 3.8) is 0 Å². The van der Waals surface area contributed by atoms with Crippen LogP contribution in [0.25, 0.3) is 0 Å². The molecule has 0 radical (unpaired) electrons. The lowest BCUT2D eigenvalue weighted by atomic mass is 9.82. The van der Waals surface area contributed by atoms with Crippen LogP contribution in [-0.4, -0.2) is 4.98 Å². The Balaban J connectivity index is 2.56. The zero-order valence-corrected chi connectivity index (χ0v) is 9.73. The van der Waals surface area contributed by atoms with Crippen molar-refractivity contribution >= 4 is 0 Å². The maximum atomic E-state index is 13.8. The molecule has 3 heteroatoms. The summed E-state index contributed by atoms with van der Waals surface area (Å²) >= 11 is 0. The summed E-state index contributed by atoms with van der Waals surface area (Å²) < 4.78 is 13.8. The number of nitrogens with zero attached hydrogens (tertiary/aromatic N) is 1. The molecule has 0 aliphatic rings. The van der Waals surface area contributed by atoms with Crippen LogP contribution in [-0.2, 0) is 5.54 Å². The molecule has 0 bridgehead atoms. The molecule has 2 N–H and O–H groups in total. The van der Waals surface area contributed by atoms with Crippen LogP contribution >= 0.6 is 0 Å². The summed E-state index contributed by atoms with van der Waals surface area (Å²) in [7, 11) is 0. The maximum Gasteiger partial charge on any atom is 0.146 e. The average Bonchev–Trinajstić information content (AvgIpc) is 2.39. The Morgan fingerprint density at radius 3 is 2.53 bits per heavy atom. The van der Waals surface area contributed by atoms with Gasteiger partial charge in [0.25, 0.3) is 0 Å². The van der Waals surface area contributed by atoms with Crippen LogP contribution in [0.5, 0.6) is 0 Å². The molecule has 2 aromatic rings. The first-order valence-corrected chi connectivity index (χ1v) is 5.63. The highest BCUT2D eigenvalue weighted by Gasteiger charge is 2.30. The lowest BCUT2D eigenvalue weighted by Crippen LogP contribution is -2.38. The summed E-state index contributed by atoms with van der Waals surface area (Å²) in [5, 5.41) is 0. The molecule has 88 valence electrons. The predicted octanol–water partition coefficient (Wildman–Crippen LogP) is 2.83. The van der Waals surface area contributed by atoms with Gasteiger partial charge in [-0.15, -0.1) is 0 Å². The minimum atomic E-state index is -0.797. The molecule has 0 fully saturated rings. The zero-order valence-electron chi connectivity index (χ0n) is 9.73. The van der Waals surface area contributed by atoms with Crippen LogP contribution in [0.15, 0.2) is 48.8 Å². The number of pyridine rings is 1. The second kappa shape index (κ2) is 4.63. The van der Waals surface area contributed by atoms with Crippen molar-refractivity contribution in [1.82, 2.24) is 4.98 Å². The SMILES string of the molecule is CCC(N)(c1ccccc1)c1ccncc1F. The molecule has 0 saturated carbocycles. The molecule has 1 aromatic carbocycles. The summed E-state index contributed by atoms with van der Waals surface area (Å²) in [6.07, 6.45) is 3.39. The van der Waals surface area contributed by atoms with Crippen LogP contribution in [0.1, 0.15) is 24.5 Å². The Bertz CT molecular complexity index is 499. The van der Waals surface area contributed by atoms with Crippen LogP contribution in [0.4, 0.5) is 4.39 Å². The van der Waals surface area contributed by atoms with Crippen molar-refractivity contribution < 1.29 is 4.39 Å². The first-order valence-electron chi connectivity index (χ1n) is 5.63. The highest BCUT2D eigenvalue weighted by atomic mass is 19.1. The summed E-state index contributed by atoms with van der Waals surface area (Å²) in [5.41, 5.74) is 6.97. The van der Waals surface area contributed by atoms with Crippen molar-refractivity contribution in [1.29, 1.82) is 0 Å². The lowest BCUT2D eigenvalue weighted by Gasteiger charge is -2.29. The van der Waals surface area contributed by atoms with Gasteiger partial charge < -0.3 is 5.73 Å². The molecule has 1 unspecified atom stereocenters. The van der Waals surface area contributed by atoms with Crippen molar-refractivity contribution in [2.45, 2.75) is 18.9 Å². The predicted molar refractivity (Wildman–Crippen MR) is 65.9 cm³/mol. The first kappa shape index (κ1) is 11.7. The molecule has 0 amide bonds. The van der Waals surface area contributed by atoms with E-state index in [0.717, 1.165) is 5.56 Å². The second-order valence-electron chi connectivity index (χ2n) is 4.05. The van der Waals surface area contributed by atoms with E-state index in [1.54, 1.807) is 12.3 Å². The van der Waals surface area contributed by atoms with Gasteiger partial charge in [-0.05, 0) is 18.1 Å². The topological polar surface area (TPSA) is 38.9 Å². The number of aromatic nitrogens is 1. The normalized spacial score (nSPS) is 14.3. The van der Waals surface area contributed by atoms with Gasteiger partial charge in [-0.25, -0.2) is 4.39 Å². The van der Waals surface area contributed by atoms with Crippen LogP contribution in [0.3, 0.4) is 0 Å². The van der Waals surface area contributed by atoms with Gasteiger partial charge in [0.05, 0.1) is 11.7 Å². The molecular weight excluding hydrogens is 215 g/mol. The molecule has 1 aromatic heterocycles. The van der Waals surface area contributed by atoms with E-state index in [0.29, 0.717) is 12.0 Å². The molecule has 2 nitrogen and oxygen atoms in total. The molecule has 0 saturated heterocycles. The van der Waals surface area contributed by atoms with E-state index in [1.165, 1.54) is 6.20 Å². The molecule has 2 rings (SSSR count). The molecule has 1 atom stereocenters. The largest absolute Gasteiger partial charge is 0.318 e. The van der Waals surface area contributed by atoms with E-state index >= 15 is 0 Å². The van der Waals surface area contributed by atoms with Gasteiger partial charge in [0.1, 0.15) is 5.82 Å². The van der Waals surface area contributed by atoms with Crippen molar-refractivity contribution in [2.24, 2.45) is 5.73 Å². The third kappa shape index (κ3) is 2.06. The standard InChI is InChI=1S/C14H15FN2/c1-2-14(16,11-6-4-3-5-7-11)12-8-9-17-10-13(12)15/h3-10H,2,16H2,1H3. The summed E-state index contributed by atoms with van der Waals surface area (Å²) in [4.78, 5) is 3.76. The molecule has 1 heterocycles. The molecular formula is C14H15FN2. The molecule has 0 aliphatic carbocycles. The number of halogens is 1. The van der Waals surface area contributed by atoms with Crippen molar-refractivity contribution in [2.75, 3.05) is 0 Å². The highest BCUT2D eigenvalue weighted by molar-refractivity contribution is 5.37. The Morgan fingerprint density at radius 1 is 1.24 bits per heavy atom. The Labute approximate surface area is 100 Å². The van der Waals surface area contributed by atoms with E-state index in [4.69, 9.17) is 5.73 Å². The summed E-state index contributed by atoms with van der Waals surface area (Å²) in [6.45, 7) is 1.95. The monoisotopic (exact) mass is 230 g/mol. The van der Waals surface area contributed by atoms with Gasteiger partial charge in [0, 0.05) is 11.8 Å². The van der Waals surface area contributed by atoms with Crippen molar-refractivity contribution in [3.05, 3.63) is 65.7 Å². The minimum Gasteiger partial charge on any atom is -0.318 e. The van der Waals surface area contributed by atoms with E-state index in [9.17, 15) is 4.39 Å². The van der Waals surface area contributed by atoms with E-state index in [1.807, 2.05) is 37.3 Å². The van der Waals surface area contributed by atoms with Gasteiger partial charge >= 0.3 is 0 Å². The Hall–Kier alpha value is -1.74. The van der Waals surface area contributed by atoms with Gasteiger partial charge in [-0.2, -0.15) is 0 Å². The number of hydrogen-bond acceptors (Lipinski definition) is 2. The Kier molecular flexibility index (Phi) is 3.20. The summed E-state index contributed by atoms with van der Waals surface area (Å²) in [6, 6.07) is 11.2. The van der Waals surface area contributed by atoms with E-state index in [-0.39, 0.29) is 5.82 Å².